The van der Waals surface area contributed by atoms with E-state index in [0.29, 0.717) is 68.3 Å². The largest absolute Gasteiger partial charge is 0.462 e. The van der Waals surface area contributed by atoms with Crippen molar-refractivity contribution >= 4 is 50.1 Å². The van der Waals surface area contributed by atoms with Crippen molar-refractivity contribution in [2.75, 3.05) is 6.61 Å². The highest BCUT2D eigenvalue weighted by Gasteiger charge is 2.23. The molecule has 8 aromatic rings. The fourth-order valence-electron chi connectivity index (χ4n) is 6.96. The van der Waals surface area contributed by atoms with E-state index in [4.69, 9.17) is 39.4 Å². The molecule has 2 aliphatic heterocycles. The zero-order chi connectivity index (χ0) is 35.6. The van der Waals surface area contributed by atoms with Gasteiger partial charge in [0.05, 0.1) is 12.0 Å². The molecule has 0 aliphatic carbocycles. The molecule has 5 aromatic carbocycles. The number of nitrogens with one attached hydrogen (secondary N) is 2. The SMILES string of the molecule is CCOC(=O)c1cc(C)ccc1Oc1cccc2c3nc4nc(nc5[nH]c(nc6nc(nc([nH]3)c12)-c1ccccc1-6)c1ccccc51)-c1ccccc1-4. The molecule has 8 bridgehead atoms. The number of aromatic nitrogens is 8. The van der Waals surface area contributed by atoms with Crippen LogP contribution in [0.15, 0.2) is 109 Å². The standard InChI is InChI=1S/C42H28N8O3/c1-3-52-42(51)30-21-22(2)19-20-31(30)53-32-18-10-17-29-33(32)41-49-39-28-16-9-8-15-27(28)37(47-39)45-35-24-12-5-4-11-23(24)34(43-35)44-36-25-13-6-7-14-26(25)38(46-36)48-40(29)50-41/h4-21H,3H2,1-2H3,(H2,43,44,45,46,47,48,49,50). The van der Waals surface area contributed by atoms with Crippen molar-refractivity contribution in [1.29, 1.82) is 0 Å². The number of aryl methyl sites for hydroxylation is 1. The van der Waals surface area contributed by atoms with Crippen molar-refractivity contribution < 1.29 is 14.3 Å². The van der Waals surface area contributed by atoms with Crippen LogP contribution in [0.2, 0.25) is 0 Å². The first-order valence-electron chi connectivity index (χ1n) is 17.2. The zero-order valence-corrected chi connectivity index (χ0v) is 28.5. The molecule has 254 valence electrons. The van der Waals surface area contributed by atoms with Gasteiger partial charge in [-0.1, -0.05) is 96.6 Å². The molecule has 0 amide bonds. The first kappa shape index (κ1) is 30.5. The van der Waals surface area contributed by atoms with Crippen molar-refractivity contribution in [3.8, 4) is 57.1 Å². The number of hydrogen-bond acceptors (Lipinski definition) is 9. The quantitative estimate of drug-likeness (QED) is 0.173. The van der Waals surface area contributed by atoms with Crippen molar-refractivity contribution in [3.63, 3.8) is 0 Å². The molecule has 0 spiro atoms. The van der Waals surface area contributed by atoms with Gasteiger partial charge in [-0.3, -0.25) is 0 Å². The summed E-state index contributed by atoms with van der Waals surface area (Å²) < 4.78 is 12.0. The van der Waals surface area contributed by atoms with Crippen LogP contribution in [0.25, 0.3) is 89.7 Å². The van der Waals surface area contributed by atoms with Crippen LogP contribution in [0.3, 0.4) is 0 Å². The van der Waals surface area contributed by atoms with Crippen LogP contribution < -0.4 is 4.74 Å². The van der Waals surface area contributed by atoms with Crippen molar-refractivity contribution in [2.45, 2.75) is 13.8 Å². The molecule has 0 atom stereocenters. The summed E-state index contributed by atoms with van der Waals surface area (Å²) in [4.78, 5) is 50.3. The van der Waals surface area contributed by atoms with Gasteiger partial charge in [-0.2, -0.15) is 0 Å². The second-order valence-electron chi connectivity index (χ2n) is 12.7. The number of carbonyl (C=O) groups excluding carboxylic acids is 1. The van der Waals surface area contributed by atoms with Gasteiger partial charge < -0.3 is 19.4 Å². The molecule has 53 heavy (non-hydrogen) atoms. The van der Waals surface area contributed by atoms with Crippen LogP contribution in [-0.2, 0) is 4.74 Å². The Labute approximate surface area is 301 Å². The second kappa shape index (κ2) is 11.9. The van der Waals surface area contributed by atoms with E-state index in [2.05, 4.69) is 9.97 Å². The number of rotatable bonds is 4. The Morgan fingerprint density at radius 1 is 0.547 bits per heavy atom. The highest BCUT2D eigenvalue weighted by atomic mass is 16.5. The van der Waals surface area contributed by atoms with E-state index in [9.17, 15) is 4.79 Å². The summed E-state index contributed by atoms with van der Waals surface area (Å²) in [5.41, 5.74) is 6.85. The normalized spacial score (nSPS) is 11.7. The van der Waals surface area contributed by atoms with E-state index in [-0.39, 0.29) is 6.61 Å². The lowest BCUT2D eigenvalue weighted by Gasteiger charge is -2.12. The zero-order valence-electron chi connectivity index (χ0n) is 28.5. The van der Waals surface area contributed by atoms with Crippen molar-refractivity contribution in [3.05, 3.63) is 120 Å². The van der Waals surface area contributed by atoms with Gasteiger partial charge in [0.15, 0.2) is 23.3 Å². The first-order chi connectivity index (χ1) is 26.0. The number of esters is 1. The van der Waals surface area contributed by atoms with Crippen molar-refractivity contribution in [2.24, 2.45) is 0 Å². The third-order valence-electron chi connectivity index (χ3n) is 9.39. The lowest BCUT2D eigenvalue weighted by atomic mass is 10.1. The summed E-state index contributed by atoms with van der Waals surface area (Å²) >= 11 is 0. The third kappa shape index (κ3) is 5.01. The Hall–Kier alpha value is -7.27. The molecule has 0 fully saturated rings. The van der Waals surface area contributed by atoms with Gasteiger partial charge in [0.25, 0.3) is 0 Å². The van der Waals surface area contributed by atoms with E-state index in [1.54, 1.807) is 19.1 Å². The minimum atomic E-state index is -0.466. The smallest absolute Gasteiger partial charge is 0.341 e. The molecule has 11 heteroatoms. The number of aromatic amines is 2. The van der Waals surface area contributed by atoms with Gasteiger partial charge in [0.1, 0.15) is 39.7 Å². The van der Waals surface area contributed by atoms with Crippen LogP contribution in [0.4, 0.5) is 0 Å². The summed E-state index contributed by atoms with van der Waals surface area (Å²) in [5.74, 6) is 2.37. The van der Waals surface area contributed by atoms with Gasteiger partial charge in [-0.25, -0.2) is 34.7 Å². The molecular formula is C42H28N8O3. The Morgan fingerprint density at radius 2 is 1.04 bits per heavy atom. The van der Waals surface area contributed by atoms with E-state index < -0.39 is 5.97 Å². The lowest BCUT2D eigenvalue weighted by Crippen LogP contribution is -2.07. The highest BCUT2D eigenvalue weighted by molar-refractivity contribution is 6.09. The maximum absolute atomic E-state index is 13.0. The van der Waals surface area contributed by atoms with Gasteiger partial charge >= 0.3 is 5.97 Å². The monoisotopic (exact) mass is 692 g/mol. The number of fused-ring (bicyclic) bond motifs is 20. The molecular weight excluding hydrogens is 665 g/mol. The summed E-state index contributed by atoms with van der Waals surface area (Å²) in [6, 6.07) is 34.9. The summed E-state index contributed by atoms with van der Waals surface area (Å²) in [6.07, 6.45) is 0. The topological polar surface area (TPSA) is 144 Å². The molecule has 0 radical (unpaired) electrons. The van der Waals surface area contributed by atoms with E-state index in [0.717, 1.165) is 44.0 Å². The third-order valence-corrected chi connectivity index (χ3v) is 9.39. The molecule has 5 heterocycles. The Bertz CT molecular complexity index is 3000. The van der Waals surface area contributed by atoms with Crippen LogP contribution in [0, 0.1) is 6.92 Å². The molecule has 0 saturated heterocycles. The Balaban J connectivity index is 1.32. The van der Waals surface area contributed by atoms with Crippen LogP contribution in [0.5, 0.6) is 11.5 Å². The fourth-order valence-corrected chi connectivity index (χ4v) is 6.96. The Kier molecular flexibility index (Phi) is 6.87. The predicted octanol–water partition coefficient (Wildman–Crippen LogP) is 9.15. The molecule has 3 aromatic heterocycles. The number of hydrogen-bond donors (Lipinski definition) is 2. The number of ether oxygens (including phenoxy) is 2. The van der Waals surface area contributed by atoms with Crippen LogP contribution in [-0.4, -0.2) is 52.4 Å². The first-order valence-corrected chi connectivity index (χ1v) is 17.2. The molecule has 10 rings (SSSR count). The fraction of sp³-hybridized carbons (Fsp3) is 0.0714. The highest BCUT2D eigenvalue weighted by Crippen LogP contribution is 2.39. The minimum Gasteiger partial charge on any atom is -0.462 e. The molecule has 0 saturated carbocycles. The van der Waals surface area contributed by atoms with Crippen LogP contribution >= 0.6 is 0 Å². The molecule has 0 unspecified atom stereocenters. The Morgan fingerprint density at radius 3 is 1.60 bits per heavy atom. The predicted molar refractivity (Wildman–Crippen MR) is 203 cm³/mol. The number of nitrogens with zero attached hydrogens (tertiary/aromatic N) is 6. The summed E-state index contributed by atoms with van der Waals surface area (Å²) in [6.45, 7) is 3.93. The van der Waals surface area contributed by atoms with Crippen molar-refractivity contribution in [1.82, 2.24) is 39.9 Å². The number of carbonyl (C=O) groups is 1. The van der Waals surface area contributed by atoms with Crippen LogP contribution in [0.1, 0.15) is 22.8 Å². The average molecular weight is 693 g/mol. The molecule has 2 N–H and O–H groups in total. The minimum absolute atomic E-state index is 0.239. The second-order valence-corrected chi connectivity index (χ2v) is 12.7. The van der Waals surface area contributed by atoms with Gasteiger partial charge in [-0.15, -0.1) is 0 Å². The van der Waals surface area contributed by atoms with Gasteiger partial charge in [-0.05, 0) is 32.0 Å². The maximum Gasteiger partial charge on any atom is 0.341 e. The van der Waals surface area contributed by atoms with E-state index in [1.165, 1.54) is 0 Å². The van der Waals surface area contributed by atoms with Gasteiger partial charge in [0, 0.05) is 38.4 Å². The van der Waals surface area contributed by atoms with E-state index >= 15 is 0 Å². The number of H-pyrrole nitrogens is 2. The van der Waals surface area contributed by atoms with E-state index in [1.807, 2.05) is 104 Å². The molecule has 11 nitrogen and oxygen atoms in total. The average Bonchev–Trinajstić information content (AvgIpc) is 3.92. The number of benzene rings is 5. The summed E-state index contributed by atoms with van der Waals surface area (Å²) in [5, 5.41) is 3.20. The summed E-state index contributed by atoms with van der Waals surface area (Å²) in [7, 11) is 0. The lowest BCUT2D eigenvalue weighted by molar-refractivity contribution is 0.0523. The molecule has 2 aliphatic rings. The van der Waals surface area contributed by atoms with Gasteiger partial charge in [0.2, 0.25) is 0 Å². The maximum atomic E-state index is 13.0.